The van der Waals surface area contributed by atoms with E-state index in [-0.39, 0.29) is 5.91 Å². The monoisotopic (exact) mass is 146 g/mol. The van der Waals surface area contributed by atoms with Gasteiger partial charge in [-0.15, -0.1) is 0 Å². The van der Waals surface area contributed by atoms with Crippen molar-refractivity contribution in [3.05, 3.63) is 0 Å². The molecule has 1 amide bonds. The van der Waals surface area contributed by atoms with Gasteiger partial charge >= 0.3 is 0 Å². The largest absolute Gasteiger partial charge is 0.354 e. The Morgan fingerprint density at radius 1 is 1.78 bits per heavy atom. The van der Waals surface area contributed by atoms with Crippen LogP contribution >= 0.6 is 12.6 Å². The molecule has 0 saturated heterocycles. The molecular weight excluding hydrogens is 136 g/mol. The third-order valence-electron chi connectivity index (χ3n) is 0.909. The highest BCUT2D eigenvalue weighted by Crippen LogP contribution is 1.81. The molecule has 0 rings (SSSR count). The Morgan fingerprint density at radius 2 is 2.33 bits per heavy atom. The Kier molecular flexibility index (Phi) is 4.13. The van der Waals surface area contributed by atoms with E-state index in [1.165, 1.54) is 0 Å². The second-order valence-electron chi connectivity index (χ2n) is 1.41. The summed E-state index contributed by atoms with van der Waals surface area (Å²) >= 11 is 3.90. The molecule has 0 aromatic heterocycles. The fourth-order valence-electron chi connectivity index (χ4n) is 0.388. The number of hydrogen-bond acceptors (Lipinski definition) is 3. The molecule has 0 unspecified atom stereocenters. The molecule has 0 fully saturated rings. The molecule has 0 aromatic rings. The van der Waals surface area contributed by atoms with Crippen LogP contribution in [0.4, 0.5) is 0 Å². The van der Waals surface area contributed by atoms with Crippen molar-refractivity contribution in [3.63, 3.8) is 0 Å². The fourth-order valence-corrected chi connectivity index (χ4v) is 0.673. The SMILES string of the molecule is CN=C(CS)C(=O)NC. The number of rotatable bonds is 2. The average molecular weight is 146 g/mol. The molecule has 52 valence electrons. The van der Waals surface area contributed by atoms with Gasteiger partial charge < -0.3 is 5.32 Å². The lowest BCUT2D eigenvalue weighted by atomic mass is 10.4. The minimum atomic E-state index is -0.160. The molecule has 0 bridgehead atoms. The summed E-state index contributed by atoms with van der Waals surface area (Å²) < 4.78 is 0. The summed E-state index contributed by atoms with van der Waals surface area (Å²) in [5, 5.41) is 2.45. The van der Waals surface area contributed by atoms with E-state index in [4.69, 9.17) is 0 Å². The zero-order valence-electron chi connectivity index (χ0n) is 5.51. The van der Waals surface area contributed by atoms with Gasteiger partial charge in [-0.05, 0) is 0 Å². The quantitative estimate of drug-likeness (QED) is 0.409. The fraction of sp³-hybridized carbons (Fsp3) is 0.600. The maximum atomic E-state index is 10.7. The normalized spacial score (nSPS) is 11.2. The third-order valence-corrected chi connectivity index (χ3v) is 1.21. The Morgan fingerprint density at radius 3 is 2.44 bits per heavy atom. The molecule has 0 heterocycles. The van der Waals surface area contributed by atoms with E-state index >= 15 is 0 Å². The molecular formula is C5H10N2OS. The van der Waals surface area contributed by atoms with Gasteiger partial charge in [-0.2, -0.15) is 12.6 Å². The second kappa shape index (κ2) is 4.38. The lowest BCUT2D eigenvalue weighted by molar-refractivity contribution is -0.114. The van der Waals surface area contributed by atoms with Crippen molar-refractivity contribution < 1.29 is 4.79 Å². The standard InChI is InChI=1S/C5H10N2OS/c1-6-4(3-9)5(8)7-2/h9H,3H2,1-2H3,(H,7,8). The van der Waals surface area contributed by atoms with Crippen LogP contribution in [0.25, 0.3) is 0 Å². The van der Waals surface area contributed by atoms with E-state index in [1.54, 1.807) is 14.1 Å². The van der Waals surface area contributed by atoms with Crippen LogP contribution in [-0.2, 0) is 4.79 Å². The van der Waals surface area contributed by atoms with Gasteiger partial charge in [0, 0.05) is 19.8 Å². The van der Waals surface area contributed by atoms with Crippen molar-refractivity contribution in [1.82, 2.24) is 5.32 Å². The summed E-state index contributed by atoms with van der Waals surface area (Å²) in [5.41, 5.74) is 0.459. The summed E-state index contributed by atoms with van der Waals surface area (Å²) in [6.45, 7) is 0. The highest BCUT2D eigenvalue weighted by atomic mass is 32.1. The minimum absolute atomic E-state index is 0.160. The average Bonchev–Trinajstić information content (AvgIpc) is 1.90. The van der Waals surface area contributed by atoms with E-state index in [9.17, 15) is 4.79 Å². The number of thiol groups is 1. The van der Waals surface area contributed by atoms with Gasteiger partial charge in [0.1, 0.15) is 5.71 Å². The van der Waals surface area contributed by atoms with E-state index < -0.39 is 0 Å². The summed E-state index contributed by atoms with van der Waals surface area (Å²) in [5.74, 6) is 0.225. The first-order valence-electron chi connectivity index (χ1n) is 2.54. The number of carbonyl (C=O) groups is 1. The second-order valence-corrected chi connectivity index (χ2v) is 1.72. The molecule has 0 aliphatic carbocycles. The Balaban J connectivity index is 3.97. The van der Waals surface area contributed by atoms with Crippen molar-refractivity contribution in [1.29, 1.82) is 0 Å². The molecule has 3 nitrogen and oxygen atoms in total. The summed E-state index contributed by atoms with van der Waals surface area (Å²) in [6.07, 6.45) is 0. The van der Waals surface area contributed by atoms with Crippen LogP contribution in [0, 0.1) is 0 Å². The van der Waals surface area contributed by atoms with Crippen LogP contribution < -0.4 is 5.32 Å². The number of nitrogens with one attached hydrogen (secondary N) is 1. The molecule has 9 heavy (non-hydrogen) atoms. The Hall–Kier alpha value is -0.510. The predicted molar refractivity (Wildman–Crippen MR) is 41.3 cm³/mol. The van der Waals surface area contributed by atoms with Crippen LogP contribution in [0.1, 0.15) is 0 Å². The van der Waals surface area contributed by atoms with Crippen molar-refractivity contribution in [2.24, 2.45) is 4.99 Å². The van der Waals surface area contributed by atoms with Crippen LogP contribution in [0.2, 0.25) is 0 Å². The number of carbonyl (C=O) groups excluding carboxylic acids is 1. The number of amides is 1. The van der Waals surface area contributed by atoms with Crippen LogP contribution in [0.15, 0.2) is 4.99 Å². The summed E-state index contributed by atoms with van der Waals surface area (Å²) in [7, 11) is 3.14. The van der Waals surface area contributed by atoms with E-state index in [0.717, 1.165) is 0 Å². The molecule has 0 radical (unpaired) electrons. The van der Waals surface area contributed by atoms with Gasteiger partial charge in [-0.25, -0.2) is 0 Å². The Bertz CT molecular complexity index is 133. The van der Waals surface area contributed by atoms with Crippen LogP contribution in [0.3, 0.4) is 0 Å². The first kappa shape index (κ1) is 8.49. The molecule has 0 aliphatic heterocycles. The molecule has 0 atom stereocenters. The first-order valence-corrected chi connectivity index (χ1v) is 3.18. The highest BCUT2D eigenvalue weighted by Gasteiger charge is 2.03. The zero-order chi connectivity index (χ0) is 7.28. The van der Waals surface area contributed by atoms with E-state index in [2.05, 4.69) is 22.9 Å². The van der Waals surface area contributed by atoms with Crippen LogP contribution in [0.5, 0.6) is 0 Å². The molecule has 1 N–H and O–H groups in total. The van der Waals surface area contributed by atoms with Crippen LogP contribution in [-0.4, -0.2) is 31.5 Å². The van der Waals surface area contributed by atoms with Crippen molar-refractivity contribution >= 4 is 24.2 Å². The Labute approximate surface area is 60.0 Å². The predicted octanol–water partition coefficient (Wildman–Crippen LogP) is -0.267. The molecule has 0 aliphatic rings. The summed E-state index contributed by atoms with van der Waals surface area (Å²) in [6, 6.07) is 0. The van der Waals surface area contributed by atoms with E-state index in [1.807, 2.05) is 0 Å². The number of aliphatic imine (C=N–C) groups is 1. The number of hydrogen-bond donors (Lipinski definition) is 2. The van der Waals surface area contributed by atoms with Gasteiger partial charge in [0.25, 0.3) is 5.91 Å². The minimum Gasteiger partial charge on any atom is -0.354 e. The third kappa shape index (κ3) is 2.51. The van der Waals surface area contributed by atoms with Crippen molar-refractivity contribution in [2.75, 3.05) is 19.8 Å². The molecule has 0 saturated carbocycles. The van der Waals surface area contributed by atoms with Gasteiger partial charge in [-0.1, -0.05) is 0 Å². The van der Waals surface area contributed by atoms with Gasteiger partial charge in [0.15, 0.2) is 0 Å². The van der Waals surface area contributed by atoms with E-state index in [0.29, 0.717) is 11.5 Å². The smallest absolute Gasteiger partial charge is 0.265 e. The maximum absolute atomic E-state index is 10.7. The lowest BCUT2D eigenvalue weighted by Gasteiger charge is -1.97. The topological polar surface area (TPSA) is 41.5 Å². The van der Waals surface area contributed by atoms with Gasteiger partial charge in [0.2, 0.25) is 0 Å². The lowest BCUT2D eigenvalue weighted by Crippen LogP contribution is -2.28. The highest BCUT2D eigenvalue weighted by molar-refractivity contribution is 7.81. The zero-order valence-corrected chi connectivity index (χ0v) is 6.40. The molecule has 0 spiro atoms. The number of nitrogens with zero attached hydrogens (tertiary/aromatic N) is 1. The maximum Gasteiger partial charge on any atom is 0.265 e. The van der Waals surface area contributed by atoms with Crippen molar-refractivity contribution in [2.45, 2.75) is 0 Å². The van der Waals surface area contributed by atoms with Gasteiger partial charge in [-0.3, -0.25) is 9.79 Å². The molecule has 4 heteroatoms. The first-order chi connectivity index (χ1) is 4.26. The van der Waals surface area contributed by atoms with Gasteiger partial charge in [0.05, 0.1) is 0 Å². The molecule has 0 aromatic carbocycles. The summed E-state index contributed by atoms with van der Waals surface area (Å²) in [4.78, 5) is 14.4. The van der Waals surface area contributed by atoms with Crippen molar-refractivity contribution in [3.8, 4) is 0 Å².